The van der Waals surface area contributed by atoms with Gasteiger partial charge in [0, 0.05) is 6.04 Å². The number of fused-ring (bicyclic) bond motifs is 1. The van der Waals surface area contributed by atoms with Crippen molar-refractivity contribution in [3.8, 4) is 0 Å². The lowest BCUT2D eigenvalue weighted by Gasteiger charge is -2.09. The fraction of sp³-hybridized carbons (Fsp3) is 0.333. The van der Waals surface area contributed by atoms with Gasteiger partial charge in [0.05, 0.1) is 5.69 Å². The Kier molecular flexibility index (Phi) is 1.88. The third-order valence-corrected chi connectivity index (χ3v) is 1.79. The minimum absolute atomic E-state index is 0.405. The first-order chi connectivity index (χ1) is 6.27. The van der Waals surface area contributed by atoms with Gasteiger partial charge >= 0.3 is 0 Å². The van der Waals surface area contributed by atoms with E-state index in [9.17, 15) is 0 Å². The zero-order chi connectivity index (χ0) is 9.26. The van der Waals surface area contributed by atoms with E-state index >= 15 is 0 Å². The molecule has 4 nitrogen and oxygen atoms in total. The van der Waals surface area contributed by atoms with Crippen molar-refractivity contribution in [3.63, 3.8) is 0 Å². The van der Waals surface area contributed by atoms with Crippen LogP contribution in [0.4, 0.5) is 5.69 Å². The number of anilines is 1. The van der Waals surface area contributed by atoms with Crippen molar-refractivity contribution in [2.45, 2.75) is 19.9 Å². The fourth-order valence-electron chi connectivity index (χ4n) is 1.30. The zero-order valence-electron chi connectivity index (χ0n) is 7.70. The molecule has 0 spiro atoms. The maximum atomic E-state index is 4.07. The van der Waals surface area contributed by atoms with Crippen molar-refractivity contribution < 1.29 is 0 Å². The minimum atomic E-state index is 0.405. The second kappa shape index (κ2) is 3.05. The summed E-state index contributed by atoms with van der Waals surface area (Å²) in [6, 6.07) is 6.31. The Labute approximate surface area is 76.3 Å². The van der Waals surface area contributed by atoms with Crippen molar-refractivity contribution in [1.29, 1.82) is 0 Å². The van der Waals surface area contributed by atoms with Gasteiger partial charge in [0.2, 0.25) is 0 Å². The van der Waals surface area contributed by atoms with E-state index in [0.717, 1.165) is 16.7 Å². The van der Waals surface area contributed by atoms with Crippen LogP contribution in [0, 0.1) is 0 Å². The molecule has 4 heteroatoms. The quantitative estimate of drug-likeness (QED) is 0.733. The summed E-state index contributed by atoms with van der Waals surface area (Å²) < 4.78 is 0. The number of aromatic nitrogens is 3. The summed E-state index contributed by atoms with van der Waals surface area (Å²) in [4.78, 5) is 0. The molecule has 13 heavy (non-hydrogen) atoms. The van der Waals surface area contributed by atoms with Crippen LogP contribution in [0.25, 0.3) is 11.0 Å². The van der Waals surface area contributed by atoms with Crippen molar-refractivity contribution >= 4 is 16.7 Å². The molecule has 0 fully saturated rings. The molecular weight excluding hydrogens is 164 g/mol. The molecule has 0 saturated heterocycles. The van der Waals surface area contributed by atoms with E-state index < -0.39 is 0 Å². The van der Waals surface area contributed by atoms with Crippen molar-refractivity contribution in [2.24, 2.45) is 0 Å². The molecule has 0 aliphatic heterocycles. The highest BCUT2D eigenvalue weighted by atomic mass is 15.3. The standard InChI is InChI=1S/C9H12N4/c1-6(2)10-7-4-3-5-8-9(7)12-13-11-8/h3-6,10H,1-2H3,(H,11,12,13). The van der Waals surface area contributed by atoms with Crippen LogP contribution in [-0.2, 0) is 0 Å². The van der Waals surface area contributed by atoms with E-state index in [1.54, 1.807) is 0 Å². The highest BCUT2D eigenvalue weighted by molar-refractivity contribution is 5.87. The topological polar surface area (TPSA) is 53.6 Å². The van der Waals surface area contributed by atoms with E-state index in [1.165, 1.54) is 0 Å². The number of hydrogen-bond donors (Lipinski definition) is 2. The molecular formula is C9H12N4. The predicted molar refractivity (Wildman–Crippen MR) is 52.6 cm³/mol. The number of nitrogens with zero attached hydrogens (tertiary/aromatic N) is 2. The van der Waals surface area contributed by atoms with Crippen LogP contribution in [-0.4, -0.2) is 21.5 Å². The normalized spacial score (nSPS) is 11.0. The number of para-hydroxylation sites is 1. The second-order valence-electron chi connectivity index (χ2n) is 3.30. The lowest BCUT2D eigenvalue weighted by Crippen LogP contribution is -2.09. The summed E-state index contributed by atoms with van der Waals surface area (Å²) in [5, 5.41) is 14.0. The van der Waals surface area contributed by atoms with E-state index in [4.69, 9.17) is 0 Å². The first kappa shape index (κ1) is 8.04. The highest BCUT2D eigenvalue weighted by Crippen LogP contribution is 2.19. The third kappa shape index (κ3) is 1.47. The Balaban J connectivity index is 2.48. The van der Waals surface area contributed by atoms with Gasteiger partial charge in [-0.25, -0.2) is 0 Å². The summed E-state index contributed by atoms with van der Waals surface area (Å²) in [5.41, 5.74) is 2.82. The smallest absolute Gasteiger partial charge is 0.136 e. The van der Waals surface area contributed by atoms with Crippen molar-refractivity contribution in [2.75, 3.05) is 5.32 Å². The molecule has 0 radical (unpaired) electrons. The summed E-state index contributed by atoms with van der Waals surface area (Å²) in [5.74, 6) is 0. The number of aromatic amines is 1. The van der Waals surface area contributed by atoms with E-state index in [2.05, 4.69) is 34.6 Å². The first-order valence-corrected chi connectivity index (χ1v) is 4.33. The number of rotatable bonds is 2. The molecule has 2 aromatic rings. The van der Waals surface area contributed by atoms with Crippen molar-refractivity contribution in [1.82, 2.24) is 15.4 Å². The van der Waals surface area contributed by atoms with Gasteiger partial charge in [0.1, 0.15) is 11.0 Å². The molecule has 1 heterocycles. The molecule has 1 aromatic carbocycles. The fourth-order valence-corrected chi connectivity index (χ4v) is 1.30. The summed E-state index contributed by atoms with van der Waals surface area (Å²) in [6.45, 7) is 4.19. The van der Waals surface area contributed by atoms with Gasteiger partial charge in [-0.1, -0.05) is 6.07 Å². The molecule has 68 valence electrons. The van der Waals surface area contributed by atoms with Crippen molar-refractivity contribution in [3.05, 3.63) is 18.2 Å². The van der Waals surface area contributed by atoms with Gasteiger partial charge in [0.15, 0.2) is 0 Å². The number of nitrogens with one attached hydrogen (secondary N) is 2. The Morgan fingerprint density at radius 2 is 2.15 bits per heavy atom. The molecule has 0 aliphatic rings. The van der Waals surface area contributed by atoms with Crippen LogP contribution in [0.15, 0.2) is 18.2 Å². The lowest BCUT2D eigenvalue weighted by molar-refractivity contribution is 0.899. The lowest BCUT2D eigenvalue weighted by atomic mass is 10.2. The third-order valence-electron chi connectivity index (χ3n) is 1.79. The van der Waals surface area contributed by atoms with E-state index in [-0.39, 0.29) is 0 Å². The van der Waals surface area contributed by atoms with Gasteiger partial charge in [-0.3, -0.25) is 0 Å². The van der Waals surface area contributed by atoms with Crippen LogP contribution < -0.4 is 5.32 Å². The molecule has 2 N–H and O–H groups in total. The maximum Gasteiger partial charge on any atom is 0.136 e. The number of H-pyrrole nitrogens is 1. The molecule has 0 aliphatic carbocycles. The van der Waals surface area contributed by atoms with E-state index in [0.29, 0.717) is 6.04 Å². The number of hydrogen-bond acceptors (Lipinski definition) is 3. The SMILES string of the molecule is CC(C)Nc1cccc2n[nH]nc12. The second-order valence-corrected chi connectivity index (χ2v) is 3.30. The van der Waals surface area contributed by atoms with E-state index in [1.807, 2.05) is 18.2 Å². The Morgan fingerprint density at radius 1 is 1.31 bits per heavy atom. The Morgan fingerprint density at radius 3 is 2.92 bits per heavy atom. The van der Waals surface area contributed by atoms with Gasteiger partial charge < -0.3 is 5.32 Å². The summed E-state index contributed by atoms with van der Waals surface area (Å²) in [6.07, 6.45) is 0. The average Bonchev–Trinajstić information content (AvgIpc) is 2.51. The maximum absolute atomic E-state index is 4.07. The number of benzene rings is 1. The minimum Gasteiger partial charge on any atom is -0.381 e. The monoisotopic (exact) mass is 176 g/mol. The van der Waals surface area contributed by atoms with Crippen LogP contribution in [0.1, 0.15) is 13.8 Å². The van der Waals surface area contributed by atoms with Gasteiger partial charge in [-0.15, -0.1) is 0 Å². The van der Waals surface area contributed by atoms with Gasteiger partial charge in [0.25, 0.3) is 0 Å². The molecule has 0 bridgehead atoms. The van der Waals surface area contributed by atoms with Crippen LogP contribution in [0.3, 0.4) is 0 Å². The molecule has 2 rings (SSSR count). The van der Waals surface area contributed by atoms with Crippen LogP contribution in [0.5, 0.6) is 0 Å². The molecule has 0 amide bonds. The average molecular weight is 176 g/mol. The largest absolute Gasteiger partial charge is 0.381 e. The summed E-state index contributed by atoms with van der Waals surface area (Å²) >= 11 is 0. The van der Waals surface area contributed by atoms with Gasteiger partial charge in [-0.2, -0.15) is 15.4 Å². The highest BCUT2D eigenvalue weighted by Gasteiger charge is 2.04. The summed E-state index contributed by atoms with van der Waals surface area (Å²) in [7, 11) is 0. The van der Waals surface area contributed by atoms with Gasteiger partial charge in [-0.05, 0) is 26.0 Å². The molecule has 0 saturated carbocycles. The van der Waals surface area contributed by atoms with Crippen LogP contribution in [0.2, 0.25) is 0 Å². The predicted octanol–water partition coefficient (Wildman–Crippen LogP) is 1.78. The first-order valence-electron chi connectivity index (χ1n) is 4.33. The molecule has 0 unspecified atom stereocenters. The Hall–Kier alpha value is -1.58. The zero-order valence-corrected chi connectivity index (χ0v) is 7.70. The molecule has 1 aromatic heterocycles. The Bertz CT molecular complexity index is 405. The molecule has 0 atom stereocenters. The van der Waals surface area contributed by atoms with Crippen LogP contribution >= 0.6 is 0 Å².